The van der Waals surface area contributed by atoms with Gasteiger partial charge in [0.05, 0.1) is 11.2 Å². The van der Waals surface area contributed by atoms with E-state index in [1.807, 2.05) is 24.3 Å². The van der Waals surface area contributed by atoms with Crippen LogP contribution in [0.4, 0.5) is 0 Å². The molecule has 0 saturated carbocycles. The third-order valence-corrected chi connectivity index (χ3v) is 4.15. The number of nitrogens with zero attached hydrogens (tertiary/aromatic N) is 3. The van der Waals surface area contributed by atoms with E-state index in [4.69, 9.17) is 10.3 Å². The Hall–Kier alpha value is -2.05. The minimum atomic E-state index is 0.521. The van der Waals surface area contributed by atoms with Gasteiger partial charge >= 0.3 is 0 Å². The fourth-order valence-corrected chi connectivity index (χ4v) is 2.91. The largest absolute Gasteiger partial charge is 0.333 e. The molecule has 3 rings (SSSR count). The topological polar surface area (TPSA) is 77.8 Å². The Bertz CT molecular complexity index is 717. The maximum atomic E-state index is 5.59. The molecule has 0 fully saturated rings. The average molecular weight is 300 g/mol. The van der Waals surface area contributed by atoms with Crippen molar-refractivity contribution in [2.24, 2.45) is 5.73 Å². The van der Waals surface area contributed by atoms with E-state index < -0.39 is 0 Å². The molecular formula is C15H16N4OS. The van der Waals surface area contributed by atoms with Crippen molar-refractivity contribution in [2.45, 2.75) is 26.3 Å². The highest BCUT2D eigenvalue weighted by Gasteiger charge is 2.13. The molecule has 0 radical (unpaired) electrons. The molecule has 2 N–H and O–H groups in total. The highest BCUT2D eigenvalue weighted by molar-refractivity contribution is 7.15. The summed E-state index contributed by atoms with van der Waals surface area (Å²) in [6.45, 7) is 2.66. The zero-order valence-electron chi connectivity index (χ0n) is 11.7. The standard InChI is InChI=1S/C15H16N4OS/c1-2-3-13-17-9-12(21-13)15-18-14(19-20-15)11-6-4-10(8-16)5-7-11/h4-7,9H,2-3,8,16H2,1H3. The van der Waals surface area contributed by atoms with Crippen LogP contribution in [0.5, 0.6) is 0 Å². The lowest BCUT2D eigenvalue weighted by Gasteiger charge is -1.97. The van der Waals surface area contributed by atoms with Crippen molar-refractivity contribution in [3.05, 3.63) is 41.0 Å². The second kappa shape index (κ2) is 6.15. The number of thiazole rings is 1. The molecule has 6 heteroatoms. The maximum Gasteiger partial charge on any atom is 0.269 e. The Kier molecular flexibility index (Phi) is 4.08. The summed E-state index contributed by atoms with van der Waals surface area (Å²) in [6.07, 6.45) is 3.85. The summed E-state index contributed by atoms with van der Waals surface area (Å²) < 4.78 is 5.34. The first-order chi connectivity index (χ1) is 10.3. The molecule has 0 aliphatic carbocycles. The van der Waals surface area contributed by atoms with Gasteiger partial charge < -0.3 is 10.3 Å². The Morgan fingerprint density at radius 3 is 2.76 bits per heavy atom. The maximum absolute atomic E-state index is 5.59. The van der Waals surface area contributed by atoms with Crippen LogP contribution in [0.15, 0.2) is 35.0 Å². The number of benzene rings is 1. The van der Waals surface area contributed by atoms with E-state index in [1.165, 1.54) is 0 Å². The quantitative estimate of drug-likeness (QED) is 0.782. The van der Waals surface area contributed by atoms with Gasteiger partial charge in [-0.1, -0.05) is 36.3 Å². The van der Waals surface area contributed by atoms with Crippen molar-refractivity contribution in [3.63, 3.8) is 0 Å². The van der Waals surface area contributed by atoms with Gasteiger partial charge in [0.15, 0.2) is 0 Å². The molecule has 2 heterocycles. The summed E-state index contributed by atoms with van der Waals surface area (Å²) in [5.74, 6) is 1.10. The van der Waals surface area contributed by atoms with Gasteiger partial charge in [-0.05, 0) is 18.4 Å². The summed E-state index contributed by atoms with van der Waals surface area (Å²) in [7, 11) is 0. The fourth-order valence-electron chi connectivity index (χ4n) is 1.97. The molecule has 0 saturated heterocycles. The van der Waals surface area contributed by atoms with E-state index in [0.29, 0.717) is 18.3 Å². The predicted molar refractivity (Wildman–Crippen MR) is 82.7 cm³/mol. The second-order valence-corrected chi connectivity index (χ2v) is 5.81. The summed E-state index contributed by atoms with van der Waals surface area (Å²) in [5, 5.41) is 5.13. The van der Waals surface area contributed by atoms with E-state index in [9.17, 15) is 0 Å². The lowest BCUT2D eigenvalue weighted by molar-refractivity contribution is 0.433. The van der Waals surface area contributed by atoms with Gasteiger partial charge in [-0.25, -0.2) is 4.98 Å². The molecule has 0 aliphatic rings. The van der Waals surface area contributed by atoms with E-state index in [2.05, 4.69) is 22.0 Å². The molecule has 0 amide bonds. The van der Waals surface area contributed by atoms with Crippen LogP contribution in [0.2, 0.25) is 0 Å². The summed E-state index contributed by atoms with van der Waals surface area (Å²) in [5.41, 5.74) is 7.59. The number of hydrogen-bond acceptors (Lipinski definition) is 6. The van der Waals surface area contributed by atoms with Crippen LogP contribution in [0.3, 0.4) is 0 Å². The number of nitrogens with two attached hydrogens (primary N) is 1. The number of aryl methyl sites for hydroxylation is 1. The number of hydrogen-bond donors (Lipinski definition) is 1. The molecule has 0 aliphatic heterocycles. The Morgan fingerprint density at radius 2 is 2.05 bits per heavy atom. The smallest absolute Gasteiger partial charge is 0.269 e. The van der Waals surface area contributed by atoms with E-state index in [1.54, 1.807) is 17.5 Å². The van der Waals surface area contributed by atoms with Crippen molar-refractivity contribution < 1.29 is 4.52 Å². The minimum absolute atomic E-state index is 0.521. The number of aromatic nitrogens is 3. The SMILES string of the molecule is CCCc1ncc(-c2nc(-c3ccc(CN)cc3)no2)s1. The van der Waals surface area contributed by atoms with Gasteiger partial charge in [0, 0.05) is 12.1 Å². The van der Waals surface area contributed by atoms with Crippen molar-refractivity contribution in [1.29, 1.82) is 0 Å². The highest BCUT2D eigenvalue weighted by atomic mass is 32.1. The first-order valence-electron chi connectivity index (χ1n) is 6.88. The summed E-state index contributed by atoms with van der Waals surface area (Å²) >= 11 is 1.60. The zero-order chi connectivity index (χ0) is 14.7. The van der Waals surface area contributed by atoms with E-state index in [0.717, 1.165) is 33.9 Å². The highest BCUT2D eigenvalue weighted by Crippen LogP contribution is 2.27. The van der Waals surface area contributed by atoms with E-state index >= 15 is 0 Å². The number of rotatable bonds is 5. The molecule has 0 unspecified atom stereocenters. The normalized spacial score (nSPS) is 11.0. The monoisotopic (exact) mass is 300 g/mol. The predicted octanol–water partition coefficient (Wildman–Crippen LogP) is 3.27. The van der Waals surface area contributed by atoms with Gasteiger partial charge in [0.2, 0.25) is 5.82 Å². The summed E-state index contributed by atoms with van der Waals surface area (Å²) in [4.78, 5) is 9.72. The zero-order valence-corrected chi connectivity index (χ0v) is 12.6. The van der Waals surface area contributed by atoms with Gasteiger partial charge in [0.25, 0.3) is 5.89 Å². The molecule has 108 valence electrons. The van der Waals surface area contributed by atoms with E-state index in [-0.39, 0.29) is 0 Å². The molecule has 3 aromatic rings. The second-order valence-electron chi connectivity index (χ2n) is 4.69. The van der Waals surface area contributed by atoms with Gasteiger partial charge in [0.1, 0.15) is 4.88 Å². The third-order valence-electron chi connectivity index (χ3n) is 3.10. The minimum Gasteiger partial charge on any atom is -0.333 e. The van der Waals surface area contributed by atoms with Gasteiger partial charge in [-0.2, -0.15) is 4.98 Å². The average Bonchev–Trinajstić information content (AvgIpc) is 3.16. The molecule has 21 heavy (non-hydrogen) atoms. The first-order valence-corrected chi connectivity index (χ1v) is 7.70. The lowest BCUT2D eigenvalue weighted by atomic mass is 10.1. The van der Waals surface area contributed by atoms with Crippen LogP contribution in [-0.2, 0) is 13.0 Å². The van der Waals surface area contributed by atoms with Crippen LogP contribution in [-0.4, -0.2) is 15.1 Å². The third kappa shape index (κ3) is 3.01. The van der Waals surface area contributed by atoms with Crippen LogP contribution in [0, 0.1) is 0 Å². The van der Waals surface area contributed by atoms with Crippen LogP contribution in [0.1, 0.15) is 23.9 Å². The van der Waals surface area contributed by atoms with Gasteiger partial charge in [-0.3, -0.25) is 0 Å². The molecule has 5 nitrogen and oxygen atoms in total. The summed E-state index contributed by atoms with van der Waals surface area (Å²) in [6, 6.07) is 7.84. The molecule has 1 aromatic carbocycles. The van der Waals surface area contributed by atoms with Crippen molar-refractivity contribution in [2.75, 3.05) is 0 Å². The van der Waals surface area contributed by atoms with Crippen LogP contribution >= 0.6 is 11.3 Å². The molecule has 0 spiro atoms. The van der Waals surface area contributed by atoms with Crippen molar-refractivity contribution >= 4 is 11.3 Å². The van der Waals surface area contributed by atoms with Crippen LogP contribution < -0.4 is 5.73 Å². The molecule has 0 atom stereocenters. The molecule has 2 aromatic heterocycles. The Morgan fingerprint density at radius 1 is 1.24 bits per heavy atom. The lowest BCUT2D eigenvalue weighted by Crippen LogP contribution is -1.95. The first kappa shape index (κ1) is 13.9. The van der Waals surface area contributed by atoms with Gasteiger partial charge in [-0.15, -0.1) is 11.3 Å². The fraction of sp³-hybridized carbons (Fsp3) is 0.267. The Balaban J connectivity index is 1.84. The van der Waals surface area contributed by atoms with Crippen molar-refractivity contribution in [3.8, 4) is 22.2 Å². The van der Waals surface area contributed by atoms with Crippen molar-refractivity contribution in [1.82, 2.24) is 15.1 Å². The van der Waals surface area contributed by atoms with Crippen LogP contribution in [0.25, 0.3) is 22.2 Å². The Labute approximate surface area is 126 Å². The molecule has 0 bridgehead atoms. The molecular weight excluding hydrogens is 284 g/mol.